The minimum absolute atomic E-state index is 0.0770. The molecule has 0 aliphatic carbocycles. The SMILES string of the molecule is CCNC(C)c1nnc(N(C)Cc2ccccc2C)o1. The van der Waals surface area contributed by atoms with Crippen LogP contribution >= 0.6 is 0 Å². The van der Waals surface area contributed by atoms with Crippen LogP contribution in [0.15, 0.2) is 28.7 Å². The zero-order valence-corrected chi connectivity index (χ0v) is 12.6. The third kappa shape index (κ3) is 3.36. The van der Waals surface area contributed by atoms with Gasteiger partial charge in [-0.3, -0.25) is 0 Å². The summed E-state index contributed by atoms with van der Waals surface area (Å²) < 4.78 is 5.71. The highest BCUT2D eigenvalue weighted by Crippen LogP contribution is 2.18. The first-order valence-corrected chi connectivity index (χ1v) is 6.94. The molecule has 1 atom stereocenters. The molecule has 0 saturated carbocycles. The van der Waals surface area contributed by atoms with Crippen molar-refractivity contribution < 1.29 is 4.42 Å². The molecular formula is C15H22N4O. The van der Waals surface area contributed by atoms with Gasteiger partial charge < -0.3 is 14.6 Å². The van der Waals surface area contributed by atoms with E-state index in [0.29, 0.717) is 11.9 Å². The number of benzene rings is 1. The van der Waals surface area contributed by atoms with E-state index < -0.39 is 0 Å². The van der Waals surface area contributed by atoms with E-state index in [9.17, 15) is 0 Å². The number of hydrogen-bond acceptors (Lipinski definition) is 5. The van der Waals surface area contributed by atoms with Crippen molar-refractivity contribution in [2.24, 2.45) is 0 Å². The van der Waals surface area contributed by atoms with E-state index in [1.165, 1.54) is 11.1 Å². The number of rotatable bonds is 6. The van der Waals surface area contributed by atoms with Gasteiger partial charge >= 0.3 is 6.01 Å². The Kier molecular flexibility index (Phi) is 4.74. The summed E-state index contributed by atoms with van der Waals surface area (Å²) in [6, 6.07) is 8.94. The van der Waals surface area contributed by atoms with Gasteiger partial charge in [0, 0.05) is 13.6 Å². The second kappa shape index (κ2) is 6.52. The Hall–Kier alpha value is -1.88. The van der Waals surface area contributed by atoms with Gasteiger partial charge in [-0.25, -0.2) is 0 Å². The van der Waals surface area contributed by atoms with Gasteiger partial charge in [-0.1, -0.05) is 36.3 Å². The molecule has 20 heavy (non-hydrogen) atoms. The van der Waals surface area contributed by atoms with E-state index in [0.717, 1.165) is 13.1 Å². The Morgan fingerprint density at radius 2 is 2.05 bits per heavy atom. The Bertz CT molecular complexity index is 552. The molecule has 1 unspecified atom stereocenters. The summed E-state index contributed by atoms with van der Waals surface area (Å²) in [7, 11) is 1.96. The van der Waals surface area contributed by atoms with Gasteiger partial charge in [-0.05, 0) is 31.5 Å². The Morgan fingerprint density at radius 3 is 2.75 bits per heavy atom. The molecule has 0 bridgehead atoms. The van der Waals surface area contributed by atoms with Crippen LogP contribution in [-0.2, 0) is 6.54 Å². The lowest BCUT2D eigenvalue weighted by Crippen LogP contribution is -2.18. The molecule has 1 N–H and O–H groups in total. The number of aryl methyl sites for hydroxylation is 1. The summed E-state index contributed by atoms with van der Waals surface area (Å²) in [4.78, 5) is 1.97. The summed E-state index contributed by atoms with van der Waals surface area (Å²) in [6.07, 6.45) is 0. The minimum Gasteiger partial charge on any atom is -0.406 e. The van der Waals surface area contributed by atoms with Crippen molar-refractivity contribution in [3.05, 3.63) is 41.3 Å². The summed E-state index contributed by atoms with van der Waals surface area (Å²) in [5.74, 6) is 0.624. The lowest BCUT2D eigenvalue weighted by molar-refractivity contribution is 0.421. The van der Waals surface area contributed by atoms with Crippen LogP contribution in [0.4, 0.5) is 6.01 Å². The zero-order valence-electron chi connectivity index (χ0n) is 12.6. The van der Waals surface area contributed by atoms with E-state index in [2.05, 4.69) is 41.5 Å². The highest BCUT2D eigenvalue weighted by molar-refractivity contribution is 5.31. The summed E-state index contributed by atoms with van der Waals surface area (Å²) in [5.41, 5.74) is 2.52. The van der Waals surface area contributed by atoms with Crippen LogP contribution in [0.1, 0.15) is 36.9 Å². The maximum atomic E-state index is 5.71. The molecule has 1 aromatic carbocycles. The van der Waals surface area contributed by atoms with Gasteiger partial charge in [0.2, 0.25) is 5.89 Å². The number of nitrogens with zero attached hydrogens (tertiary/aromatic N) is 3. The van der Waals surface area contributed by atoms with E-state index in [4.69, 9.17) is 4.42 Å². The highest BCUT2D eigenvalue weighted by Gasteiger charge is 2.15. The van der Waals surface area contributed by atoms with Crippen LogP contribution in [0.3, 0.4) is 0 Å². The molecule has 0 spiro atoms. The molecule has 2 rings (SSSR count). The monoisotopic (exact) mass is 274 g/mol. The van der Waals surface area contributed by atoms with Crippen LogP contribution in [-0.4, -0.2) is 23.8 Å². The van der Waals surface area contributed by atoms with E-state index >= 15 is 0 Å². The predicted octanol–water partition coefficient (Wildman–Crippen LogP) is 2.68. The van der Waals surface area contributed by atoms with Gasteiger partial charge in [0.1, 0.15) is 0 Å². The molecule has 0 amide bonds. The molecule has 108 valence electrons. The van der Waals surface area contributed by atoms with Gasteiger partial charge in [0.25, 0.3) is 0 Å². The molecule has 0 aliphatic heterocycles. The molecule has 2 aromatic rings. The third-order valence-electron chi connectivity index (χ3n) is 3.31. The second-order valence-corrected chi connectivity index (χ2v) is 4.98. The molecular weight excluding hydrogens is 252 g/mol. The zero-order chi connectivity index (χ0) is 14.5. The molecule has 0 aliphatic rings. The molecule has 1 heterocycles. The fraction of sp³-hybridized carbons (Fsp3) is 0.467. The number of nitrogens with one attached hydrogen (secondary N) is 1. The van der Waals surface area contributed by atoms with Crippen molar-refractivity contribution in [1.82, 2.24) is 15.5 Å². The van der Waals surface area contributed by atoms with Gasteiger partial charge in [-0.2, -0.15) is 0 Å². The smallest absolute Gasteiger partial charge is 0.318 e. The third-order valence-corrected chi connectivity index (χ3v) is 3.31. The van der Waals surface area contributed by atoms with Crippen molar-refractivity contribution in [2.45, 2.75) is 33.4 Å². The predicted molar refractivity (Wildman–Crippen MR) is 79.7 cm³/mol. The van der Waals surface area contributed by atoms with Crippen LogP contribution in [0, 0.1) is 6.92 Å². The number of anilines is 1. The lowest BCUT2D eigenvalue weighted by atomic mass is 10.1. The average molecular weight is 274 g/mol. The largest absolute Gasteiger partial charge is 0.406 e. The van der Waals surface area contributed by atoms with Crippen molar-refractivity contribution in [1.29, 1.82) is 0 Å². The van der Waals surface area contributed by atoms with E-state index in [1.54, 1.807) is 0 Å². The Balaban J connectivity index is 2.06. The Labute approximate surface area is 120 Å². The summed E-state index contributed by atoms with van der Waals surface area (Å²) >= 11 is 0. The average Bonchev–Trinajstić information content (AvgIpc) is 2.91. The summed E-state index contributed by atoms with van der Waals surface area (Å²) in [5, 5.41) is 11.5. The molecule has 0 saturated heterocycles. The quantitative estimate of drug-likeness (QED) is 0.877. The highest BCUT2D eigenvalue weighted by atomic mass is 16.4. The standard InChI is InChI=1S/C15H22N4O/c1-5-16-12(3)14-17-18-15(20-14)19(4)10-13-9-7-6-8-11(13)2/h6-9,12,16H,5,10H2,1-4H3. The molecule has 0 radical (unpaired) electrons. The van der Waals surface area contributed by atoms with Gasteiger partial charge in [0.15, 0.2) is 0 Å². The van der Waals surface area contributed by atoms with Crippen LogP contribution < -0.4 is 10.2 Å². The molecule has 1 aromatic heterocycles. The fourth-order valence-corrected chi connectivity index (χ4v) is 2.06. The fourth-order valence-electron chi connectivity index (χ4n) is 2.06. The molecule has 0 fully saturated rings. The van der Waals surface area contributed by atoms with E-state index in [-0.39, 0.29) is 6.04 Å². The lowest BCUT2D eigenvalue weighted by Gasteiger charge is -2.15. The second-order valence-electron chi connectivity index (χ2n) is 4.98. The summed E-state index contributed by atoms with van der Waals surface area (Å²) in [6.45, 7) is 7.80. The Morgan fingerprint density at radius 1 is 1.30 bits per heavy atom. The minimum atomic E-state index is 0.0770. The van der Waals surface area contributed by atoms with E-state index in [1.807, 2.05) is 31.0 Å². The van der Waals surface area contributed by atoms with Crippen molar-refractivity contribution >= 4 is 6.01 Å². The van der Waals surface area contributed by atoms with Crippen LogP contribution in [0.5, 0.6) is 0 Å². The van der Waals surface area contributed by atoms with Gasteiger partial charge in [-0.15, -0.1) is 5.10 Å². The van der Waals surface area contributed by atoms with Crippen LogP contribution in [0.2, 0.25) is 0 Å². The van der Waals surface area contributed by atoms with Gasteiger partial charge in [0.05, 0.1) is 6.04 Å². The molecule has 5 nitrogen and oxygen atoms in total. The first-order valence-electron chi connectivity index (χ1n) is 6.94. The van der Waals surface area contributed by atoms with Crippen molar-refractivity contribution in [2.75, 3.05) is 18.5 Å². The van der Waals surface area contributed by atoms with Crippen molar-refractivity contribution in [3.63, 3.8) is 0 Å². The number of hydrogen-bond donors (Lipinski definition) is 1. The number of aromatic nitrogens is 2. The topological polar surface area (TPSA) is 54.2 Å². The van der Waals surface area contributed by atoms with Crippen LogP contribution in [0.25, 0.3) is 0 Å². The normalized spacial score (nSPS) is 12.4. The first kappa shape index (κ1) is 14.5. The maximum absolute atomic E-state index is 5.71. The molecule has 5 heteroatoms. The first-order chi connectivity index (χ1) is 9.61. The maximum Gasteiger partial charge on any atom is 0.318 e. The van der Waals surface area contributed by atoms with Crippen molar-refractivity contribution in [3.8, 4) is 0 Å².